The molecule has 2 fully saturated rings. The predicted octanol–water partition coefficient (Wildman–Crippen LogP) is 1.79. The standard InChI is InChI=1S/C15H26N2O4/c1-4-11-5-6-16(12(9-11)13(18)19)14(20)17-7-8-21-10-15(17,2)3/h11-12H,4-10H2,1-3H3,(H,18,19). The number of urea groups is 1. The highest BCUT2D eigenvalue weighted by atomic mass is 16.5. The van der Waals surface area contributed by atoms with Gasteiger partial charge in [0.2, 0.25) is 0 Å². The molecule has 2 amide bonds. The summed E-state index contributed by atoms with van der Waals surface area (Å²) in [5.74, 6) is -0.500. The summed E-state index contributed by atoms with van der Waals surface area (Å²) in [4.78, 5) is 27.7. The number of carboxylic acids is 1. The maximum atomic E-state index is 12.8. The first-order valence-corrected chi connectivity index (χ1v) is 7.75. The summed E-state index contributed by atoms with van der Waals surface area (Å²) in [6.45, 7) is 8.04. The number of ether oxygens (including phenoxy) is 1. The molecule has 6 nitrogen and oxygen atoms in total. The van der Waals surface area contributed by atoms with Crippen molar-refractivity contribution in [3.8, 4) is 0 Å². The highest BCUT2D eigenvalue weighted by Gasteiger charge is 2.42. The zero-order chi connectivity index (χ0) is 15.6. The molecule has 0 aliphatic carbocycles. The molecule has 2 saturated heterocycles. The van der Waals surface area contributed by atoms with Gasteiger partial charge in [0.25, 0.3) is 0 Å². The number of rotatable bonds is 2. The number of carbonyl (C=O) groups excluding carboxylic acids is 1. The zero-order valence-corrected chi connectivity index (χ0v) is 13.2. The van der Waals surface area contributed by atoms with E-state index in [-0.39, 0.29) is 11.6 Å². The molecule has 2 aliphatic heterocycles. The third kappa shape index (κ3) is 3.31. The topological polar surface area (TPSA) is 70.1 Å². The van der Waals surface area contributed by atoms with E-state index in [0.29, 0.717) is 38.6 Å². The Morgan fingerprint density at radius 1 is 1.33 bits per heavy atom. The first-order valence-electron chi connectivity index (χ1n) is 7.75. The van der Waals surface area contributed by atoms with E-state index in [1.54, 1.807) is 9.80 Å². The van der Waals surface area contributed by atoms with Crippen molar-refractivity contribution in [1.82, 2.24) is 9.80 Å². The SMILES string of the molecule is CCC1CCN(C(=O)N2CCOCC2(C)C)C(C(=O)O)C1. The van der Waals surface area contributed by atoms with Crippen LogP contribution in [0.1, 0.15) is 40.0 Å². The fourth-order valence-corrected chi connectivity index (χ4v) is 3.24. The monoisotopic (exact) mass is 298 g/mol. The van der Waals surface area contributed by atoms with Gasteiger partial charge in [-0.2, -0.15) is 0 Å². The van der Waals surface area contributed by atoms with Crippen LogP contribution in [0.3, 0.4) is 0 Å². The van der Waals surface area contributed by atoms with Gasteiger partial charge in [0, 0.05) is 13.1 Å². The Morgan fingerprint density at radius 3 is 2.62 bits per heavy atom. The molecule has 0 aromatic carbocycles. The fourth-order valence-electron chi connectivity index (χ4n) is 3.24. The Balaban J connectivity index is 2.14. The Bertz CT molecular complexity index is 410. The minimum atomic E-state index is -0.896. The molecule has 0 radical (unpaired) electrons. The summed E-state index contributed by atoms with van der Waals surface area (Å²) in [7, 11) is 0. The van der Waals surface area contributed by atoms with Crippen molar-refractivity contribution in [1.29, 1.82) is 0 Å². The summed E-state index contributed by atoms with van der Waals surface area (Å²) in [6, 6.07) is -0.861. The molecule has 2 unspecified atom stereocenters. The molecule has 0 aromatic rings. The normalized spacial score (nSPS) is 29.3. The van der Waals surface area contributed by atoms with E-state index < -0.39 is 12.0 Å². The molecule has 2 heterocycles. The Labute approximate surface area is 126 Å². The molecule has 0 bridgehead atoms. The number of morpholine rings is 1. The second-order valence-electron chi connectivity index (χ2n) is 6.65. The van der Waals surface area contributed by atoms with Crippen molar-refractivity contribution in [2.45, 2.75) is 51.6 Å². The van der Waals surface area contributed by atoms with E-state index in [1.807, 2.05) is 13.8 Å². The van der Waals surface area contributed by atoms with Crippen LogP contribution in [0, 0.1) is 5.92 Å². The summed E-state index contributed by atoms with van der Waals surface area (Å²) < 4.78 is 5.43. The minimum absolute atomic E-state index is 0.162. The van der Waals surface area contributed by atoms with Gasteiger partial charge in [-0.25, -0.2) is 9.59 Å². The quantitative estimate of drug-likeness (QED) is 0.844. The highest BCUT2D eigenvalue weighted by Crippen LogP contribution is 2.29. The first-order chi connectivity index (χ1) is 9.86. The second kappa shape index (κ2) is 6.22. The lowest BCUT2D eigenvalue weighted by Crippen LogP contribution is -2.62. The highest BCUT2D eigenvalue weighted by molar-refractivity contribution is 5.83. The number of nitrogens with zero attached hydrogens (tertiary/aromatic N) is 2. The number of piperidine rings is 1. The maximum Gasteiger partial charge on any atom is 0.326 e. The largest absolute Gasteiger partial charge is 0.480 e. The molecule has 120 valence electrons. The molecule has 0 spiro atoms. The average molecular weight is 298 g/mol. The molecule has 2 aliphatic rings. The predicted molar refractivity (Wildman–Crippen MR) is 78.1 cm³/mol. The van der Waals surface area contributed by atoms with Crippen LogP contribution in [-0.2, 0) is 9.53 Å². The van der Waals surface area contributed by atoms with E-state index in [2.05, 4.69) is 6.92 Å². The lowest BCUT2D eigenvalue weighted by molar-refractivity contribution is -0.144. The van der Waals surface area contributed by atoms with Crippen LogP contribution < -0.4 is 0 Å². The molecule has 2 rings (SSSR count). The molecule has 1 N–H and O–H groups in total. The van der Waals surface area contributed by atoms with Crippen LogP contribution in [-0.4, -0.2) is 64.8 Å². The van der Waals surface area contributed by atoms with Crippen molar-refractivity contribution >= 4 is 12.0 Å². The lowest BCUT2D eigenvalue weighted by Gasteiger charge is -2.46. The number of aliphatic carboxylic acids is 1. The minimum Gasteiger partial charge on any atom is -0.480 e. The van der Waals surface area contributed by atoms with E-state index in [1.165, 1.54) is 0 Å². The Morgan fingerprint density at radius 2 is 2.05 bits per heavy atom. The average Bonchev–Trinajstić information content (AvgIpc) is 2.45. The third-order valence-electron chi connectivity index (χ3n) is 4.70. The molecule has 6 heteroatoms. The molecule has 21 heavy (non-hydrogen) atoms. The van der Waals surface area contributed by atoms with Gasteiger partial charge in [0.1, 0.15) is 6.04 Å². The van der Waals surface area contributed by atoms with Gasteiger partial charge in [-0.15, -0.1) is 0 Å². The van der Waals surface area contributed by atoms with E-state index in [4.69, 9.17) is 4.74 Å². The van der Waals surface area contributed by atoms with Gasteiger partial charge >= 0.3 is 12.0 Å². The van der Waals surface area contributed by atoms with Crippen LogP contribution in [0.25, 0.3) is 0 Å². The van der Waals surface area contributed by atoms with Crippen molar-refractivity contribution in [3.05, 3.63) is 0 Å². The number of carboxylic acid groups (broad SMARTS) is 1. The van der Waals surface area contributed by atoms with Crippen LogP contribution in [0.15, 0.2) is 0 Å². The van der Waals surface area contributed by atoms with Crippen molar-refractivity contribution in [2.75, 3.05) is 26.3 Å². The summed E-state index contributed by atoms with van der Waals surface area (Å²) in [5, 5.41) is 9.46. The smallest absolute Gasteiger partial charge is 0.326 e. The van der Waals surface area contributed by atoms with Crippen LogP contribution in [0.4, 0.5) is 4.79 Å². The van der Waals surface area contributed by atoms with Crippen LogP contribution in [0.5, 0.6) is 0 Å². The zero-order valence-electron chi connectivity index (χ0n) is 13.2. The molecule has 0 saturated carbocycles. The Kier molecular flexibility index (Phi) is 4.76. The second-order valence-corrected chi connectivity index (χ2v) is 6.65. The number of amides is 2. The van der Waals surface area contributed by atoms with Crippen molar-refractivity contribution < 1.29 is 19.4 Å². The summed E-state index contributed by atoms with van der Waals surface area (Å²) >= 11 is 0. The van der Waals surface area contributed by atoms with E-state index in [0.717, 1.165) is 12.8 Å². The number of likely N-dealkylation sites (tertiary alicyclic amines) is 1. The number of carbonyl (C=O) groups is 2. The van der Waals surface area contributed by atoms with Crippen LogP contribution in [0.2, 0.25) is 0 Å². The van der Waals surface area contributed by atoms with Crippen LogP contribution >= 0.6 is 0 Å². The number of hydrogen-bond donors (Lipinski definition) is 1. The maximum absolute atomic E-state index is 12.8. The van der Waals surface area contributed by atoms with Gasteiger partial charge < -0.3 is 19.6 Å². The third-order valence-corrected chi connectivity index (χ3v) is 4.70. The summed E-state index contributed by atoms with van der Waals surface area (Å²) in [6.07, 6.45) is 2.41. The first kappa shape index (κ1) is 16.1. The number of hydrogen-bond acceptors (Lipinski definition) is 3. The molecular formula is C15H26N2O4. The van der Waals surface area contributed by atoms with Gasteiger partial charge in [-0.05, 0) is 32.6 Å². The van der Waals surface area contributed by atoms with Gasteiger partial charge in [0.15, 0.2) is 0 Å². The lowest BCUT2D eigenvalue weighted by atomic mass is 9.89. The van der Waals surface area contributed by atoms with E-state index in [9.17, 15) is 14.7 Å². The fraction of sp³-hybridized carbons (Fsp3) is 0.867. The van der Waals surface area contributed by atoms with Crippen molar-refractivity contribution in [2.24, 2.45) is 5.92 Å². The van der Waals surface area contributed by atoms with Gasteiger partial charge in [-0.3, -0.25) is 0 Å². The van der Waals surface area contributed by atoms with Gasteiger partial charge in [-0.1, -0.05) is 13.3 Å². The van der Waals surface area contributed by atoms with E-state index >= 15 is 0 Å². The molecule has 0 aromatic heterocycles. The van der Waals surface area contributed by atoms with Crippen molar-refractivity contribution in [3.63, 3.8) is 0 Å². The molecule has 2 atom stereocenters. The Hall–Kier alpha value is -1.30. The molecular weight excluding hydrogens is 272 g/mol. The summed E-state index contributed by atoms with van der Waals surface area (Å²) in [5.41, 5.74) is -0.389. The van der Waals surface area contributed by atoms with Gasteiger partial charge in [0.05, 0.1) is 18.8 Å².